The molecule has 4 nitrogen and oxygen atoms in total. The summed E-state index contributed by atoms with van der Waals surface area (Å²) in [7, 11) is 0. The standard InChI is InChI=1S/C21H13F4N3O/c22-15-9-10-18-17(12-15)26-20(28(18)16-7-2-1-3-8-16)27-19(29)13-5-4-6-14(11-13)21(23,24)25/h1-12H,(H,26,27,29). The van der Waals surface area contributed by atoms with Gasteiger partial charge in [-0.25, -0.2) is 9.37 Å². The Balaban J connectivity index is 1.78. The number of nitrogens with one attached hydrogen (secondary N) is 1. The maximum atomic E-state index is 13.6. The highest BCUT2D eigenvalue weighted by Gasteiger charge is 2.31. The van der Waals surface area contributed by atoms with Crippen molar-refractivity contribution >= 4 is 22.9 Å². The second-order valence-corrected chi connectivity index (χ2v) is 6.27. The molecule has 29 heavy (non-hydrogen) atoms. The Morgan fingerprint density at radius 2 is 1.69 bits per heavy atom. The van der Waals surface area contributed by atoms with Gasteiger partial charge in [-0.05, 0) is 42.5 Å². The Morgan fingerprint density at radius 1 is 0.931 bits per heavy atom. The number of amides is 1. The largest absolute Gasteiger partial charge is 0.416 e. The fourth-order valence-corrected chi connectivity index (χ4v) is 2.99. The number of alkyl halides is 3. The molecule has 146 valence electrons. The molecule has 0 saturated carbocycles. The summed E-state index contributed by atoms with van der Waals surface area (Å²) < 4.78 is 54.0. The molecule has 1 N–H and O–H groups in total. The number of carbonyl (C=O) groups is 1. The van der Waals surface area contributed by atoms with Crippen molar-refractivity contribution in [2.75, 3.05) is 5.32 Å². The van der Waals surface area contributed by atoms with Crippen LogP contribution in [0.25, 0.3) is 16.7 Å². The van der Waals surface area contributed by atoms with E-state index in [0.717, 1.165) is 18.2 Å². The highest BCUT2D eigenvalue weighted by molar-refractivity contribution is 6.04. The van der Waals surface area contributed by atoms with Crippen LogP contribution in [0.1, 0.15) is 15.9 Å². The van der Waals surface area contributed by atoms with Crippen LogP contribution in [0.15, 0.2) is 72.8 Å². The number of benzene rings is 3. The predicted molar refractivity (Wildman–Crippen MR) is 100 cm³/mol. The third-order valence-corrected chi connectivity index (χ3v) is 4.31. The molecule has 0 spiro atoms. The van der Waals surface area contributed by atoms with Crippen molar-refractivity contribution in [3.8, 4) is 5.69 Å². The topological polar surface area (TPSA) is 46.9 Å². The first-order valence-corrected chi connectivity index (χ1v) is 8.55. The third-order valence-electron chi connectivity index (χ3n) is 4.31. The molecule has 1 heterocycles. The van der Waals surface area contributed by atoms with Gasteiger partial charge in [-0.15, -0.1) is 0 Å². The van der Waals surface area contributed by atoms with E-state index in [1.165, 1.54) is 24.3 Å². The fraction of sp³-hybridized carbons (Fsp3) is 0.0476. The molecule has 0 aliphatic carbocycles. The maximum absolute atomic E-state index is 13.6. The number of nitrogens with zero attached hydrogens (tertiary/aromatic N) is 2. The van der Waals surface area contributed by atoms with E-state index in [0.29, 0.717) is 16.7 Å². The normalized spacial score (nSPS) is 11.6. The van der Waals surface area contributed by atoms with Gasteiger partial charge in [0.2, 0.25) is 5.95 Å². The first-order chi connectivity index (χ1) is 13.8. The zero-order chi connectivity index (χ0) is 20.6. The molecule has 0 aliphatic rings. The van der Waals surface area contributed by atoms with Crippen molar-refractivity contribution in [2.45, 2.75) is 6.18 Å². The van der Waals surface area contributed by atoms with E-state index in [1.807, 2.05) is 6.07 Å². The van der Waals surface area contributed by atoms with E-state index < -0.39 is 23.5 Å². The smallest absolute Gasteiger partial charge is 0.292 e. The van der Waals surface area contributed by atoms with Crippen LogP contribution in [0.3, 0.4) is 0 Å². The number of imidazole rings is 1. The van der Waals surface area contributed by atoms with Gasteiger partial charge in [0, 0.05) is 17.3 Å². The zero-order valence-corrected chi connectivity index (χ0v) is 14.7. The second kappa shape index (κ2) is 7.05. The van der Waals surface area contributed by atoms with Crippen molar-refractivity contribution in [1.29, 1.82) is 0 Å². The third kappa shape index (κ3) is 3.69. The van der Waals surface area contributed by atoms with Crippen molar-refractivity contribution in [1.82, 2.24) is 9.55 Å². The number of rotatable bonds is 3. The summed E-state index contributed by atoms with van der Waals surface area (Å²) in [6.07, 6.45) is -4.56. The maximum Gasteiger partial charge on any atom is 0.416 e. The summed E-state index contributed by atoms with van der Waals surface area (Å²) in [6, 6.07) is 17.0. The lowest BCUT2D eigenvalue weighted by Crippen LogP contribution is -2.16. The van der Waals surface area contributed by atoms with Crippen molar-refractivity contribution < 1.29 is 22.4 Å². The number of aromatic nitrogens is 2. The highest BCUT2D eigenvalue weighted by atomic mass is 19.4. The van der Waals surface area contributed by atoms with Crippen LogP contribution in [0.5, 0.6) is 0 Å². The molecule has 4 rings (SSSR count). The molecule has 0 fully saturated rings. The summed E-state index contributed by atoms with van der Waals surface area (Å²) >= 11 is 0. The van der Waals surface area contributed by atoms with Gasteiger partial charge in [0.05, 0.1) is 16.6 Å². The number of hydrogen-bond donors (Lipinski definition) is 1. The zero-order valence-electron chi connectivity index (χ0n) is 14.7. The molecular weight excluding hydrogens is 386 g/mol. The van der Waals surface area contributed by atoms with E-state index >= 15 is 0 Å². The summed E-state index contributed by atoms with van der Waals surface area (Å²) in [5, 5.41) is 2.54. The first kappa shape index (κ1) is 18.7. The van der Waals surface area contributed by atoms with Gasteiger partial charge in [-0.3, -0.25) is 14.7 Å². The summed E-state index contributed by atoms with van der Waals surface area (Å²) in [4.78, 5) is 16.9. The minimum absolute atomic E-state index is 0.0687. The minimum Gasteiger partial charge on any atom is -0.292 e. The number of para-hydroxylation sites is 1. The van der Waals surface area contributed by atoms with Crippen LogP contribution >= 0.6 is 0 Å². The van der Waals surface area contributed by atoms with E-state index in [4.69, 9.17) is 0 Å². The van der Waals surface area contributed by atoms with Crippen LogP contribution in [0.4, 0.5) is 23.5 Å². The Hall–Kier alpha value is -3.68. The van der Waals surface area contributed by atoms with Gasteiger partial charge in [0.25, 0.3) is 5.91 Å². The SMILES string of the molecule is O=C(Nc1nc2cc(F)ccc2n1-c1ccccc1)c1cccc(C(F)(F)F)c1. The quantitative estimate of drug-likeness (QED) is 0.467. The van der Waals surface area contributed by atoms with Crippen LogP contribution in [0, 0.1) is 5.82 Å². The summed E-state index contributed by atoms with van der Waals surface area (Å²) in [5.74, 6) is -1.19. The Labute approximate surface area is 162 Å². The molecule has 0 bridgehead atoms. The number of halogens is 4. The Morgan fingerprint density at radius 3 is 2.41 bits per heavy atom. The van der Waals surface area contributed by atoms with Gasteiger partial charge >= 0.3 is 6.18 Å². The summed E-state index contributed by atoms with van der Waals surface area (Å²) in [6.45, 7) is 0. The molecule has 0 radical (unpaired) electrons. The van der Waals surface area contributed by atoms with Crippen LogP contribution in [0.2, 0.25) is 0 Å². The monoisotopic (exact) mass is 399 g/mol. The fourth-order valence-electron chi connectivity index (χ4n) is 2.99. The van der Waals surface area contributed by atoms with Crippen LogP contribution in [-0.2, 0) is 6.18 Å². The molecule has 1 aromatic heterocycles. The molecule has 8 heteroatoms. The molecule has 1 amide bonds. The lowest BCUT2D eigenvalue weighted by molar-refractivity contribution is -0.137. The van der Waals surface area contributed by atoms with Crippen molar-refractivity contribution in [2.24, 2.45) is 0 Å². The number of hydrogen-bond acceptors (Lipinski definition) is 2. The molecule has 0 aliphatic heterocycles. The van der Waals surface area contributed by atoms with Gasteiger partial charge in [0.15, 0.2) is 0 Å². The van der Waals surface area contributed by atoms with Crippen LogP contribution < -0.4 is 5.32 Å². The average Bonchev–Trinajstić information content (AvgIpc) is 3.04. The Bertz CT molecular complexity index is 1200. The molecule has 0 saturated heterocycles. The van der Waals surface area contributed by atoms with Gasteiger partial charge in [0.1, 0.15) is 5.82 Å². The van der Waals surface area contributed by atoms with E-state index in [1.54, 1.807) is 28.8 Å². The molecular formula is C21H13F4N3O. The molecule has 0 atom stereocenters. The highest BCUT2D eigenvalue weighted by Crippen LogP contribution is 2.30. The Kier molecular flexibility index (Phi) is 4.54. The van der Waals surface area contributed by atoms with Crippen molar-refractivity contribution in [3.05, 3.63) is 89.7 Å². The second-order valence-electron chi connectivity index (χ2n) is 6.27. The van der Waals surface area contributed by atoms with Crippen LogP contribution in [-0.4, -0.2) is 15.5 Å². The number of fused-ring (bicyclic) bond motifs is 1. The van der Waals surface area contributed by atoms with E-state index in [2.05, 4.69) is 10.3 Å². The van der Waals surface area contributed by atoms with E-state index in [9.17, 15) is 22.4 Å². The minimum atomic E-state index is -4.56. The number of anilines is 1. The first-order valence-electron chi connectivity index (χ1n) is 8.55. The van der Waals surface area contributed by atoms with E-state index in [-0.39, 0.29) is 11.5 Å². The lowest BCUT2D eigenvalue weighted by Gasteiger charge is -2.11. The van der Waals surface area contributed by atoms with Gasteiger partial charge < -0.3 is 0 Å². The molecule has 4 aromatic rings. The van der Waals surface area contributed by atoms with Gasteiger partial charge in [-0.1, -0.05) is 24.3 Å². The average molecular weight is 399 g/mol. The predicted octanol–water partition coefficient (Wildman–Crippen LogP) is 5.44. The number of carbonyl (C=O) groups excluding carboxylic acids is 1. The summed E-state index contributed by atoms with van der Waals surface area (Å²) in [5.41, 5.74) is 0.396. The molecule has 0 unspecified atom stereocenters. The lowest BCUT2D eigenvalue weighted by atomic mass is 10.1. The van der Waals surface area contributed by atoms with Gasteiger partial charge in [-0.2, -0.15) is 13.2 Å². The molecule has 3 aromatic carbocycles. The van der Waals surface area contributed by atoms with Crippen molar-refractivity contribution in [3.63, 3.8) is 0 Å².